The maximum absolute atomic E-state index is 13.0. The van der Waals surface area contributed by atoms with Crippen molar-refractivity contribution < 1.29 is 28.7 Å². The molecule has 0 unspecified atom stereocenters. The number of hydrogen-bond acceptors (Lipinski definition) is 9. The number of nitro benzene ring substituents is 1. The smallest absolute Gasteiger partial charge is 0.363 e. The average molecular weight is 583 g/mol. The maximum atomic E-state index is 13.0. The van der Waals surface area contributed by atoms with Gasteiger partial charge >= 0.3 is 11.9 Å². The second-order valence-corrected chi connectivity index (χ2v) is 9.92. The zero-order chi connectivity index (χ0) is 27.7. The highest BCUT2D eigenvalue weighted by Crippen LogP contribution is 2.38. The number of nitrogens with zero attached hydrogens (tertiary/aromatic N) is 2. The van der Waals surface area contributed by atoms with Gasteiger partial charge in [-0.25, -0.2) is 14.6 Å². The summed E-state index contributed by atoms with van der Waals surface area (Å²) in [6.07, 6.45) is 1.49. The van der Waals surface area contributed by atoms with Gasteiger partial charge in [0.05, 0.1) is 16.6 Å². The molecule has 0 aliphatic carbocycles. The Bertz CT molecular complexity index is 1710. The van der Waals surface area contributed by atoms with Crippen LogP contribution >= 0.6 is 34.5 Å². The standard InChI is InChI=1S/C27H16Cl2N2O7S/c1-2-36-21-12-14(11-19-26(32)38-25(30-19)15-4-7-17(8-5-15)31(34)35)3-10-20(21)37-27(33)24-23(29)18-9-6-16(28)13-22(18)39-24/h3-13H,2H2,1H3/b19-11+. The summed E-state index contributed by atoms with van der Waals surface area (Å²) in [5, 5.41) is 12.4. The van der Waals surface area contributed by atoms with Crippen molar-refractivity contribution >= 4 is 74.2 Å². The maximum Gasteiger partial charge on any atom is 0.363 e. The summed E-state index contributed by atoms with van der Waals surface area (Å²) in [6.45, 7) is 2.07. The molecule has 0 bridgehead atoms. The van der Waals surface area contributed by atoms with E-state index < -0.39 is 16.9 Å². The zero-order valence-corrected chi connectivity index (χ0v) is 22.3. The molecule has 4 aromatic rings. The minimum Gasteiger partial charge on any atom is -0.490 e. The molecule has 1 aliphatic rings. The normalized spacial score (nSPS) is 13.9. The van der Waals surface area contributed by atoms with Gasteiger partial charge in [-0.1, -0.05) is 35.3 Å². The Morgan fingerprint density at radius 1 is 1.10 bits per heavy atom. The molecule has 196 valence electrons. The first-order valence-corrected chi connectivity index (χ1v) is 12.9. The highest BCUT2D eigenvalue weighted by atomic mass is 35.5. The molecule has 0 spiro atoms. The highest BCUT2D eigenvalue weighted by Gasteiger charge is 2.25. The van der Waals surface area contributed by atoms with Gasteiger partial charge in [0.1, 0.15) is 4.88 Å². The third-order valence-electron chi connectivity index (χ3n) is 5.50. The molecule has 0 fully saturated rings. The number of carbonyl (C=O) groups excluding carboxylic acids is 2. The number of esters is 2. The molecule has 1 aliphatic heterocycles. The second kappa shape index (κ2) is 10.9. The van der Waals surface area contributed by atoms with E-state index >= 15 is 0 Å². The zero-order valence-electron chi connectivity index (χ0n) is 20.0. The van der Waals surface area contributed by atoms with Gasteiger partial charge in [-0.2, -0.15) is 0 Å². The number of rotatable bonds is 7. The molecule has 9 nitrogen and oxygen atoms in total. The summed E-state index contributed by atoms with van der Waals surface area (Å²) in [5.74, 6) is -0.873. The lowest BCUT2D eigenvalue weighted by Gasteiger charge is -2.11. The number of halogens is 2. The molecule has 0 atom stereocenters. The van der Waals surface area contributed by atoms with Crippen molar-refractivity contribution in [2.75, 3.05) is 6.61 Å². The van der Waals surface area contributed by atoms with Crippen molar-refractivity contribution in [2.24, 2.45) is 4.99 Å². The quantitative estimate of drug-likeness (QED) is 0.0750. The summed E-state index contributed by atoms with van der Waals surface area (Å²) >= 11 is 13.6. The lowest BCUT2D eigenvalue weighted by molar-refractivity contribution is -0.384. The van der Waals surface area contributed by atoms with Gasteiger partial charge in [0.15, 0.2) is 17.2 Å². The van der Waals surface area contributed by atoms with Crippen LogP contribution in [0.4, 0.5) is 5.69 Å². The lowest BCUT2D eigenvalue weighted by Crippen LogP contribution is -2.08. The fourth-order valence-corrected chi connectivity index (χ4v) is 5.36. The number of nitro groups is 1. The number of cyclic esters (lactones) is 1. The summed E-state index contributed by atoms with van der Waals surface area (Å²) in [7, 11) is 0. The Hall–Kier alpha value is -4.25. The predicted octanol–water partition coefficient (Wildman–Crippen LogP) is 7.08. The van der Waals surface area contributed by atoms with E-state index in [1.165, 1.54) is 47.7 Å². The van der Waals surface area contributed by atoms with Gasteiger partial charge in [-0.05, 0) is 55.0 Å². The molecule has 3 aromatic carbocycles. The number of non-ortho nitro benzene ring substituents is 1. The van der Waals surface area contributed by atoms with E-state index in [9.17, 15) is 19.7 Å². The first-order valence-electron chi connectivity index (χ1n) is 11.4. The molecule has 39 heavy (non-hydrogen) atoms. The van der Waals surface area contributed by atoms with E-state index in [4.69, 9.17) is 37.4 Å². The van der Waals surface area contributed by atoms with E-state index in [-0.39, 0.29) is 45.3 Å². The molecule has 0 N–H and O–H groups in total. The third-order valence-corrected chi connectivity index (χ3v) is 7.37. The third kappa shape index (κ3) is 5.49. The molecule has 0 saturated carbocycles. The van der Waals surface area contributed by atoms with Gasteiger partial charge in [0, 0.05) is 32.8 Å². The van der Waals surface area contributed by atoms with Crippen LogP contribution in [0.2, 0.25) is 10.0 Å². The van der Waals surface area contributed by atoms with Crippen LogP contribution in [0, 0.1) is 10.1 Å². The molecule has 0 saturated heterocycles. The molecule has 1 aromatic heterocycles. The lowest BCUT2D eigenvalue weighted by atomic mass is 10.1. The van der Waals surface area contributed by atoms with Crippen molar-refractivity contribution in [3.63, 3.8) is 0 Å². The van der Waals surface area contributed by atoms with Crippen LogP contribution in [-0.2, 0) is 9.53 Å². The number of carbonyl (C=O) groups is 2. The fraction of sp³-hybridized carbons (Fsp3) is 0.0741. The van der Waals surface area contributed by atoms with Gasteiger partial charge in [0.2, 0.25) is 5.90 Å². The number of aliphatic imine (C=N–C) groups is 1. The molecule has 0 radical (unpaired) electrons. The minimum absolute atomic E-state index is 0.0197. The Labute approximate surface area is 235 Å². The summed E-state index contributed by atoms with van der Waals surface area (Å²) in [5.41, 5.74) is 0.874. The van der Waals surface area contributed by atoms with Gasteiger partial charge < -0.3 is 14.2 Å². The Kier molecular flexibility index (Phi) is 7.34. The molecular weight excluding hydrogens is 567 g/mol. The number of thiophene rings is 1. The highest BCUT2D eigenvalue weighted by molar-refractivity contribution is 7.21. The van der Waals surface area contributed by atoms with Gasteiger partial charge in [-0.15, -0.1) is 11.3 Å². The monoisotopic (exact) mass is 582 g/mol. The minimum atomic E-state index is -0.684. The molecule has 5 rings (SSSR count). The van der Waals surface area contributed by atoms with E-state index in [2.05, 4.69) is 4.99 Å². The van der Waals surface area contributed by atoms with Crippen molar-refractivity contribution in [3.05, 3.63) is 103 Å². The Morgan fingerprint density at radius 2 is 1.87 bits per heavy atom. The Morgan fingerprint density at radius 3 is 2.59 bits per heavy atom. The van der Waals surface area contributed by atoms with Crippen molar-refractivity contribution in [3.8, 4) is 11.5 Å². The van der Waals surface area contributed by atoms with Crippen LogP contribution in [0.3, 0.4) is 0 Å². The van der Waals surface area contributed by atoms with Crippen LogP contribution in [0.1, 0.15) is 27.7 Å². The molecular formula is C27H16Cl2N2O7S. The van der Waals surface area contributed by atoms with Crippen molar-refractivity contribution in [2.45, 2.75) is 6.92 Å². The van der Waals surface area contributed by atoms with Crippen LogP contribution in [0.5, 0.6) is 11.5 Å². The molecule has 12 heteroatoms. The number of fused-ring (bicyclic) bond motifs is 1. The molecule has 0 amide bonds. The second-order valence-electron chi connectivity index (χ2n) is 8.05. The topological polar surface area (TPSA) is 117 Å². The summed E-state index contributed by atoms with van der Waals surface area (Å²) < 4.78 is 17.3. The van der Waals surface area contributed by atoms with Crippen molar-refractivity contribution in [1.82, 2.24) is 0 Å². The Balaban J connectivity index is 1.40. The number of benzene rings is 3. The van der Waals surface area contributed by atoms with E-state index in [0.29, 0.717) is 21.5 Å². The summed E-state index contributed by atoms with van der Waals surface area (Å²) in [6, 6.07) is 15.4. The first-order chi connectivity index (χ1) is 18.7. The average Bonchev–Trinajstić information content (AvgIpc) is 3.44. The van der Waals surface area contributed by atoms with E-state index in [1.807, 2.05) is 0 Å². The van der Waals surface area contributed by atoms with Crippen LogP contribution < -0.4 is 9.47 Å². The van der Waals surface area contributed by atoms with Crippen LogP contribution in [-0.4, -0.2) is 29.4 Å². The summed E-state index contributed by atoms with van der Waals surface area (Å²) in [4.78, 5) is 40.2. The van der Waals surface area contributed by atoms with Crippen LogP contribution in [0.25, 0.3) is 16.2 Å². The van der Waals surface area contributed by atoms with E-state index in [0.717, 1.165) is 4.70 Å². The van der Waals surface area contributed by atoms with E-state index in [1.54, 1.807) is 37.3 Å². The van der Waals surface area contributed by atoms with Gasteiger partial charge in [-0.3, -0.25) is 10.1 Å². The van der Waals surface area contributed by atoms with Gasteiger partial charge in [0.25, 0.3) is 5.69 Å². The molecule has 2 heterocycles. The SMILES string of the molecule is CCOc1cc(/C=C2/N=C(c3ccc([N+](=O)[O-])cc3)OC2=O)ccc1OC(=O)c1sc2cc(Cl)ccc2c1Cl. The van der Waals surface area contributed by atoms with Crippen LogP contribution in [0.15, 0.2) is 71.4 Å². The largest absolute Gasteiger partial charge is 0.490 e. The predicted molar refractivity (Wildman–Crippen MR) is 148 cm³/mol. The number of hydrogen-bond donors (Lipinski definition) is 0. The first kappa shape index (κ1) is 26.4. The number of ether oxygens (including phenoxy) is 3. The van der Waals surface area contributed by atoms with Crippen molar-refractivity contribution in [1.29, 1.82) is 0 Å². The fourth-order valence-electron chi connectivity index (χ4n) is 3.70.